The first-order chi connectivity index (χ1) is 8.76. The van der Waals surface area contributed by atoms with Gasteiger partial charge in [0.2, 0.25) is 5.82 Å². The highest BCUT2D eigenvalue weighted by molar-refractivity contribution is 5.90. The van der Waals surface area contributed by atoms with Crippen LogP contribution in [-0.4, -0.2) is 51.8 Å². The van der Waals surface area contributed by atoms with Gasteiger partial charge in [0.25, 0.3) is 5.91 Å². The van der Waals surface area contributed by atoms with Crippen molar-refractivity contribution in [2.75, 3.05) is 19.8 Å². The van der Waals surface area contributed by atoms with Crippen LogP contribution in [0.3, 0.4) is 0 Å². The molecule has 6 nitrogen and oxygen atoms in total. The Kier molecular flexibility index (Phi) is 4.30. The third kappa shape index (κ3) is 2.69. The minimum Gasteiger partial charge on any atom is -0.377 e. The van der Waals surface area contributed by atoms with Gasteiger partial charge in [-0.2, -0.15) is 0 Å². The molecule has 2 heterocycles. The summed E-state index contributed by atoms with van der Waals surface area (Å²) >= 11 is 0. The van der Waals surface area contributed by atoms with Crippen LogP contribution in [0.1, 0.15) is 43.1 Å². The molecule has 1 aromatic rings. The van der Waals surface area contributed by atoms with Crippen molar-refractivity contribution in [3.63, 3.8) is 0 Å². The highest BCUT2D eigenvalue weighted by Gasteiger charge is 2.28. The number of morpholine rings is 1. The molecule has 1 unspecified atom stereocenters. The van der Waals surface area contributed by atoms with E-state index < -0.39 is 0 Å². The molecule has 1 fully saturated rings. The summed E-state index contributed by atoms with van der Waals surface area (Å²) in [7, 11) is 0. The zero-order chi connectivity index (χ0) is 13.0. The number of carbonyl (C=O) groups excluding carboxylic acids is 1. The molecule has 1 amide bonds. The molecule has 1 saturated heterocycles. The fourth-order valence-corrected chi connectivity index (χ4v) is 2.13. The third-order valence-corrected chi connectivity index (χ3v) is 3.17. The van der Waals surface area contributed by atoms with Crippen molar-refractivity contribution in [1.82, 2.24) is 20.1 Å². The number of amides is 1. The number of rotatable bonds is 4. The van der Waals surface area contributed by atoms with Crippen molar-refractivity contribution < 1.29 is 9.53 Å². The Balaban J connectivity index is 2.08. The zero-order valence-electron chi connectivity index (χ0n) is 11.0. The van der Waals surface area contributed by atoms with E-state index in [0.29, 0.717) is 19.8 Å². The molecule has 1 N–H and O–H groups in total. The van der Waals surface area contributed by atoms with Crippen molar-refractivity contribution in [2.24, 2.45) is 0 Å². The number of nitrogens with one attached hydrogen (secondary N) is 1. The van der Waals surface area contributed by atoms with Crippen LogP contribution in [-0.2, 0) is 11.2 Å². The number of nitrogens with zero attached hydrogens (tertiary/aromatic N) is 3. The Bertz CT molecular complexity index is 405. The second kappa shape index (κ2) is 5.95. The number of hydrogen-bond acceptors (Lipinski definition) is 4. The van der Waals surface area contributed by atoms with Crippen LogP contribution in [0.25, 0.3) is 0 Å². The summed E-state index contributed by atoms with van der Waals surface area (Å²) < 4.78 is 5.39. The Morgan fingerprint density at radius 2 is 2.39 bits per heavy atom. The molecular weight excluding hydrogens is 232 g/mol. The molecule has 0 spiro atoms. The summed E-state index contributed by atoms with van der Waals surface area (Å²) in [6, 6.07) is 0.138. The minimum absolute atomic E-state index is 0.0937. The van der Waals surface area contributed by atoms with Gasteiger partial charge in [0, 0.05) is 13.0 Å². The van der Waals surface area contributed by atoms with Crippen molar-refractivity contribution in [2.45, 2.75) is 39.2 Å². The van der Waals surface area contributed by atoms with Gasteiger partial charge in [-0.15, -0.1) is 5.10 Å². The highest BCUT2D eigenvalue weighted by atomic mass is 16.5. The average molecular weight is 252 g/mol. The molecule has 6 heteroatoms. The van der Waals surface area contributed by atoms with Gasteiger partial charge in [-0.05, 0) is 12.8 Å². The fraction of sp³-hybridized carbons (Fsp3) is 0.750. The van der Waals surface area contributed by atoms with Crippen LogP contribution in [0, 0.1) is 0 Å². The van der Waals surface area contributed by atoms with Gasteiger partial charge in [0.1, 0.15) is 5.82 Å². The zero-order valence-corrected chi connectivity index (χ0v) is 11.0. The molecule has 0 aromatic carbocycles. The maximum atomic E-state index is 12.3. The smallest absolute Gasteiger partial charge is 0.293 e. The van der Waals surface area contributed by atoms with E-state index in [1.54, 1.807) is 0 Å². The van der Waals surface area contributed by atoms with E-state index in [9.17, 15) is 4.79 Å². The Labute approximate surface area is 107 Å². The second-order valence-electron chi connectivity index (χ2n) is 4.49. The number of carbonyl (C=O) groups is 1. The summed E-state index contributed by atoms with van der Waals surface area (Å²) in [6.07, 6.45) is 2.69. The summed E-state index contributed by atoms with van der Waals surface area (Å²) in [5.74, 6) is 0.963. The minimum atomic E-state index is -0.0937. The van der Waals surface area contributed by atoms with Crippen LogP contribution in [0.2, 0.25) is 0 Å². The van der Waals surface area contributed by atoms with Crippen molar-refractivity contribution in [3.05, 3.63) is 11.6 Å². The topological polar surface area (TPSA) is 71.1 Å². The highest BCUT2D eigenvalue weighted by Crippen LogP contribution is 2.13. The molecule has 0 saturated carbocycles. The molecule has 0 aliphatic carbocycles. The number of hydrogen-bond donors (Lipinski definition) is 1. The van der Waals surface area contributed by atoms with E-state index in [-0.39, 0.29) is 17.8 Å². The molecule has 1 atom stereocenters. The predicted octanol–water partition coefficient (Wildman–Crippen LogP) is 1.01. The molecule has 1 aliphatic rings. The van der Waals surface area contributed by atoms with Crippen molar-refractivity contribution in [3.8, 4) is 0 Å². The lowest BCUT2D eigenvalue weighted by molar-refractivity contribution is -0.00341. The molecule has 18 heavy (non-hydrogen) atoms. The van der Waals surface area contributed by atoms with Gasteiger partial charge in [-0.3, -0.25) is 9.89 Å². The van der Waals surface area contributed by atoms with Crippen LogP contribution in [0.4, 0.5) is 0 Å². The van der Waals surface area contributed by atoms with Gasteiger partial charge in [-0.25, -0.2) is 4.98 Å². The number of H-pyrrole nitrogens is 1. The Hall–Kier alpha value is -1.43. The average Bonchev–Trinajstić information content (AvgIpc) is 2.87. The summed E-state index contributed by atoms with van der Waals surface area (Å²) in [6.45, 7) is 5.94. The SMILES string of the molecule is CCCc1nc(C(=O)N2CCOCC2CC)n[nH]1. The van der Waals surface area contributed by atoms with E-state index in [1.807, 2.05) is 4.90 Å². The van der Waals surface area contributed by atoms with Crippen LogP contribution >= 0.6 is 0 Å². The Morgan fingerprint density at radius 3 is 3.11 bits per heavy atom. The molecule has 100 valence electrons. The first kappa shape index (κ1) is 13.0. The summed E-state index contributed by atoms with van der Waals surface area (Å²) in [4.78, 5) is 18.4. The largest absolute Gasteiger partial charge is 0.377 e. The maximum absolute atomic E-state index is 12.3. The van der Waals surface area contributed by atoms with Gasteiger partial charge in [0.15, 0.2) is 0 Å². The maximum Gasteiger partial charge on any atom is 0.293 e. The number of aromatic amines is 1. The van der Waals surface area contributed by atoms with Crippen LogP contribution in [0.15, 0.2) is 0 Å². The molecule has 2 rings (SSSR count). The van der Waals surface area contributed by atoms with Gasteiger partial charge in [0.05, 0.1) is 19.3 Å². The monoisotopic (exact) mass is 252 g/mol. The lowest BCUT2D eigenvalue weighted by Gasteiger charge is -2.34. The van der Waals surface area contributed by atoms with Gasteiger partial charge in [-0.1, -0.05) is 13.8 Å². The summed E-state index contributed by atoms with van der Waals surface area (Å²) in [5.41, 5.74) is 0. The first-order valence-electron chi connectivity index (χ1n) is 6.56. The third-order valence-electron chi connectivity index (χ3n) is 3.17. The van der Waals surface area contributed by atoms with Crippen LogP contribution in [0.5, 0.6) is 0 Å². The normalized spacial score (nSPS) is 20.1. The molecule has 0 radical (unpaired) electrons. The molecule has 1 aliphatic heterocycles. The van der Waals surface area contributed by atoms with E-state index in [0.717, 1.165) is 25.1 Å². The number of aromatic nitrogens is 3. The molecular formula is C12H20N4O2. The van der Waals surface area contributed by atoms with Crippen molar-refractivity contribution >= 4 is 5.91 Å². The van der Waals surface area contributed by atoms with E-state index in [1.165, 1.54) is 0 Å². The van der Waals surface area contributed by atoms with E-state index in [2.05, 4.69) is 29.0 Å². The lowest BCUT2D eigenvalue weighted by atomic mass is 10.1. The predicted molar refractivity (Wildman–Crippen MR) is 66.3 cm³/mol. The fourth-order valence-electron chi connectivity index (χ4n) is 2.13. The standard InChI is InChI=1S/C12H20N4O2/c1-3-5-10-13-11(15-14-10)12(17)16-6-7-18-8-9(16)4-2/h9H,3-8H2,1-2H3,(H,13,14,15). The first-order valence-corrected chi connectivity index (χ1v) is 6.56. The van der Waals surface area contributed by atoms with Crippen LogP contribution < -0.4 is 0 Å². The number of aryl methyl sites for hydroxylation is 1. The van der Waals surface area contributed by atoms with E-state index in [4.69, 9.17) is 4.74 Å². The lowest BCUT2D eigenvalue weighted by Crippen LogP contribution is -2.48. The molecule has 1 aromatic heterocycles. The van der Waals surface area contributed by atoms with Gasteiger partial charge >= 0.3 is 0 Å². The number of ether oxygens (including phenoxy) is 1. The van der Waals surface area contributed by atoms with Gasteiger partial charge < -0.3 is 9.64 Å². The van der Waals surface area contributed by atoms with Crippen molar-refractivity contribution in [1.29, 1.82) is 0 Å². The Morgan fingerprint density at radius 1 is 1.56 bits per heavy atom. The molecule has 0 bridgehead atoms. The quantitative estimate of drug-likeness (QED) is 0.868. The van der Waals surface area contributed by atoms with E-state index >= 15 is 0 Å². The summed E-state index contributed by atoms with van der Waals surface area (Å²) in [5, 5.41) is 6.83. The second-order valence-corrected chi connectivity index (χ2v) is 4.49.